The number of hydrogen-bond acceptors (Lipinski definition) is 7. The van der Waals surface area contributed by atoms with E-state index in [0.717, 1.165) is 18.0 Å². The second-order valence-corrected chi connectivity index (χ2v) is 5.29. The molecule has 0 unspecified atom stereocenters. The van der Waals surface area contributed by atoms with Crippen molar-refractivity contribution in [3.05, 3.63) is 48.0 Å². The van der Waals surface area contributed by atoms with Crippen LogP contribution in [0.25, 0.3) is 6.08 Å². The first-order valence-electron chi connectivity index (χ1n) is 6.39. The van der Waals surface area contributed by atoms with Gasteiger partial charge in [0.2, 0.25) is 0 Å². The van der Waals surface area contributed by atoms with Gasteiger partial charge in [-0.15, -0.1) is 0 Å². The summed E-state index contributed by atoms with van der Waals surface area (Å²) in [6.07, 6.45) is 2.27. The number of aromatic hydroxyl groups is 3. The van der Waals surface area contributed by atoms with E-state index in [1.165, 1.54) is 35.8 Å². The standard InChI is InChI=1S/C15H14N2O5S/c18-11-4-2-10(3-5-11)17-23-13-8-12(19)7-9(15(13)21)1-6-14(20)16-22/h1-8,17-19,21-22H,(H,16,20)/b6-1+. The molecule has 120 valence electrons. The predicted octanol–water partition coefficient (Wildman–Crippen LogP) is 2.44. The van der Waals surface area contributed by atoms with Gasteiger partial charge >= 0.3 is 0 Å². The number of hydroxylamine groups is 1. The minimum Gasteiger partial charge on any atom is -0.508 e. The molecule has 0 saturated carbocycles. The normalized spacial score (nSPS) is 10.7. The van der Waals surface area contributed by atoms with E-state index >= 15 is 0 Å². The van der Waals surface area contributed by atoms with E-state index in [9.17, 15) is 20.1 Å². The van der Waals surface area contributed by atoms with Gasteiger partial charge in [-0.2, -0.15) is 0 Å². The molecule has 0 aliphatic carbocycles. The summed E-state index contributed by atoms with van der Waals surface area (Å²) in [5, 5.41) is 37.5. The number of rotatable bonds is 5. The topological polar surface area (TPSA) is 122 Å². The molecule has 0 radical (unpaired) electrons. The Balaban J connectivity index is 2.18. The fourth-order valence-corrected chi connectivity index (χ4v) is 2.42. The van der Waals surface area contributed by atoms with Crippen molar-refractivity contribution in [1.82, 2.24) is 5.48 Å². The molecule has 2 rings (SSSR count). The molecule has 0 fully saturated rings. The van der Waals surface area contributed by atoms with E-state index < -0.39 is 5.91 Å². The third-order valence-corrected chi connectivity index (χ3v) is 3.63. The summed E-state index contributed by atoms with van der Waals surface area (Å²) >= 11 is 1.05. The van der Waals surface area contributed by atoms with Crippen LogP contribution in [0.3, 0.4) is 0 Å². The zero-order valence-corrected chi connectivity index (χ0v) is 12.5. The number of carbonyl (C=O) groups excluding carboxylic acids is 1. The summed E-state index contributed by atoms with van der Waals surface area (Å²) in [5.41, 5.74) is 2.33. The van der Waals surface area contributed by atoms with Crippen molar-refractivity contribution in [2.24, 2.45) is 0 Å². The van der Waals surface area contributed by atoms with Crippen molar-refractivity contribution in [3.63, 3.8) is 0 Å². The number of nitrogens with one attached hydrogen (secondary N) is 2. The number of carbonyl (C=O) groups is 1. The molecule has 0 heterocycles. The van der Waals surface area contributed by atoms with Gasteiger partial charge in [-0.1, -0.05) is 0 Å². The molecule has 2 aromatic rings. The first kappa shape index (κ1) is 16.5. The van der Waals surface area contributed by atoms with Crippen molar-refractivity contribution >= 4 is 29.6 Å². The summed E-state index contributed by atoms with van der Waals surface area (Å²) in [7, 11) is 0. The highest BCUT2D eigenvalue weighted by Crippen LogP contribution is 2.36. The molecular weight excluding hydrogens is 320 g/mol. The highest BCUT2D eigenvalue weighted by Gasteiger charge is 2.09. The van der Waals surface area contributed by atoms with E-state index in [1.807, 2.05) is 0 Å². The summed E-state index contributed by atoms with van der Waals surface area (Å²) in [4.78, 5) is 11.3. The smallest absolute Gasteiger partial charge is 0.267 e. The molecule has 7 nitrogen and oxygen atoms in total. The second-order valence-electron chi connectivity index (χ2n) is 4.44. The first-order chi connectivity index (χ1) is 11.0. The minimum absolute atomic E-state index is 0.0955. The molecule has 23 heavy (non-hydrogen) atoms. The maximum absolute atomic E-state index is 11.0. The van der Waals surface area contributed by atoms with Gasteiger partial charge in [0.15, 0.2) is 0 Å². The fourth-order valence-electron chi connectivity index (χ4n) is 1.67. The van der Waals surface area contributed by atoms with E-state index in [1.54, 1.807) is 12.1 Å². The van der Waals surface area contributed by atoms with Crippen LogP contribution < -0.4 is 10.2 Å². The van der Waals surface area contributed by atoms with Crippen LogP contribution >= 0.6 is 11.9 Å². The second kappa shape index (κ2) is 7.43. The first-order valence-corrected chi connectivity index (χ1v) is 7.21. The highest BCUT2D eigenvalue weighted by molar-refractivity contribution is 8.00. The number of phenols is 3. The maximum Gasteiger partial charge on any atom is 0.267 e. The molecule has 2 aromatic carbocycles. The van der Waals surface area contributed by atoms with Crippen molar-refractivity contribution in [2.45, 2.75) is 4.90 Å². The monoisotopic (exact) mass is 334 g/mol. The lowest BCUT2D eigenvalue weighted by Gasteiger charge is -2.10. The lowest BCUT2D eigenvalue weighted by molar-refractivity contribution is -0.124. The number of hydrogen-bond donors (Lipinski definition) is 6. The molecule has 0 atom stereocenters. The Morgan fingerprint density at radius 3 is 2.39 bits per heavy atom. The molecule has 8 heteroatoms. The summed E-state index contributed by atoms with van der Waals surface area (Å²) in [5.74, 6) is -0.859. The number of amides is 1. The average Bonchev–Trinajstić information content (AvgIpc) is 2.55. The number of phenolic OH excluding ortho intramolecular Hbond substituents is 3. The molecule has 0 aliphatic heterocycles. The van der Waals surface area contributed by atoms with Crippen LogP contribution in [0.4, 0.5) is 5.69 Å². The third kappa shape index (κ3) is 4.56. The Bertz CT molecular complexity index is 731. The molecule has 1 amide bonds. The zero-order chi connectivity index (χ0) is 16.8. The predicted molar refractivity (Wildman–Crippen MR) is 86.3 cm³/mol. The van der Waals surface area contributed by atoms with Crippen LogP contribution in [0.2, 0.25) is 0 Å². The highest BCUT2D eigenvalue weighted by atomic mass is 32.2. The quantitative estimate of drug-likeness (QED) is 0.163. The SMILES string of the molecule is O=C(/C=C/c1cc(O)cc(SNc2ccc(O)cc2)c1O)NO. The molecule has 0 bridgehead atoms. The molecule has 0 spiro atoms. The van der Waals surface area contributed by atoms with Gasteiger partial charge in [0.1, 0.15) is 17.2 Å². The Kier molecular flexibility index (Phi) is 5.34. The third-order valence-electron chi connectivity index (χ3n) is 2.76. The van der Waals surface area contributed by atoms with Crippen LogP contribution in [0, 0.1) is 0 Å². The van der Waals surface area contributed by atoms with E-state index in [4.69, 9.17) is 5.21 Å². The Hall–Kier alpha value is -2.84. The van der Waals surface area contributed by atoms with Gasteiger partial charge in [0, 0.05) is 17.3 Å². The van der Waals surface area contributed by atoms with Crippen molar-refractivity contribution in [3.8, 4) is 17.2 Å². The largest absolute Gasteiger partial charge is 0.508 e. The number of benzene rings is 2. The maximum atomic E-state index is 11.0. The van der Waals surface area contributed by atoms with Crippen molar-refractivity contribution in [2.75, 3.05) is 4.72 Å². The van der Waals surface area contributed by atoms with Gasteiger partial charge < -0.3 is 20.0 Å². The molecular formula is C15H14N2O5S. The summed E-state index contributed by atoms with van der Waals surface area (Å²) in [6, 6.07) is 8.95. The lowest BCUT2D eigenvalue weighted by atomic mass is 10.1. The van der Waals surface area contributed by atoms with Gasteiger partial charge in [0.25, 0.3) is 5.91 Å². The van der Waals surface area contributed by atoms with Gasteiger partial charge in [-0.3, -0.25) is 10.0 Å². The molecule has 0 aromatic heterocycles. The summed E-state index contributed by atoms with van der Waals surface area (Å²) in [6.45, 7) is 0. The molecule has 0 saturated heterocycles. The van der Waals surface area contributed by atoms with Crippen LogP contribution in [0.15, 0.2) is 47.4 Å². The van der Waals surface area contributed by atoms with E-state index in [-0.39, 0.29) is 22.8 Å². The van der Waals surface area contributed by atoms with E-state index in [0.29, 0.717) is 10.6 Å². The van der Waals surface area contributed by atoms with Gasteiger partial charge in [-0.25, -0.2) is 5.48 Å². The minimum atomic E-state index is -0.760. The fraction of sp³-hybridized carbons (Fsp3) is 0. The average molecular weight is 334 g/mol. The molecule has 0 aliphatic rings. The summed E-state index contributed by atoms with van der Waals surface area (Å²) < 4.78 is 2.95. The van der Waals surface area contributed by atoms with Crippen LogP contribution in [0.1, 0.15) is 5.56 Å². The Labute approximate surface area is 136 Å². The Morgan fingerprint density at radius 1 is 1.04 bits per heavy atom. The lowest BCUT2D eigenvalue weighted by Crippen LogP contribution is -2.14. The number of anilines is 1. The zero-order valence-electron chi connectivity index (χ0n) is 11.7. The van der Waals surface area contributed by atoms with Crippen LogP contribution in [-0.2, 0) is 4.79 Å². The van der Waals surface area contributed by atoms with Gasteiger partial charge in [0.05, 0.1) is 4.90 Å². The van der Waals surface area contributed by atoms with Crippen molar-refractivity contribution in [1.29, 1.82) is 0 Å². The van der Waals surface area contributed by atoms with E-state index in [2.05, 4.69) is 4.72 Å². The van der Waals surface area contributed by atoms with Crippen LogP contribution in [-0.4, -0.2) is 26.4 Å². The molecule has 6 N–H and O–H groups in total. The van der Waals surface area contributed by atoms with Crippen LogP contribution in [0.5, 0.6) is 17.2 Å². The van der Waals surface area contributed by atoms with Crippen molar-refractivity contribution < 1.29 is 25.3 Å². The van der Waals surface area contributed by atoms with Gasteiger partial charge in [-0.05, 0) is 54.4 Å². The Morgan fingerprint density at radius 2 is 1.74 bits per heavy atom.